The number of aromatic nitrogens is 1. The van der Waals surface area contributed by atoms with Crippen LogP contribution < -0.4 is 11.1 Å². The van der Waals surface area contributed by atoms with E-state index in [4.69, 9.17) is 5.73 Å². The normalized spacial score (nSPS) is 22.8. The summed E-state index contributed by atoms with van der Waals surface area (Å²) in [6.07, 6.45) is 6.18. The second-order valence-electron chi connectivity index (χ2n) is 5.91. The fraction of sp³-hybridized carbons (Fsp3) is 0.600. The summed E-state index contributed by atoms with van der Waals surface area (Å²) < 4.78 is 0. The number of carboxylic acid groups (broad SMARTS) is 1. The summed E-state index contributed by atoms with van der Waals surface area (Å²) in [4.78, 5) is 15.5. The molecule has 5 heteroatoms. The van der Waals surface area contributed by atoms with Gasteiger partial charge in [0, 0.05) is 6.04 Å². The van der Waals surface area contributed by atoms with E-state index >= 15 is 0 Å². The maximum Gasteiger partial charge on any atom is 0.339 e. The Hall–Kier alpha value is -1.78. The van der Waals surface area contributed by atoms with Gasteiger partial charge in [-0.25, -0.2) is 9.78 Å². The molecule has 110 valence electrons. The molecule has 20 heavy (non-hydrogen) atoms. The minimum atomic E-state index is -0.996. The summed E-state index contributed by atoms with van der Waals surface area (Å²) in [6.45, 7) is 4.44. The van der Waals surface area contributed by atoms with Gasteiger partial charge in [0.25, 0.3) is 0 Å². The van der Waals surface area contributed by atoms with Crippen LogP contribution in [0.1, 0.15) is 49.9 Å². The minimum Gasteiger partial charge on any atom is -0.478 e. The largest absolute Gasteiger partial charge is 0.478 e. The van der Waals surface area contributed by atoms with Gasteiger partial charge in [-0.1, -0.05) is 26.7 Å². The first-order valence-corrected chi connectivity index (χ1v) is 7.24. The Morgan fingerprint density at radius 3 is 2.80 bits per heavy atom. The van der Waals surface area contributed by atoms with Gasteiger partial charge in [-0.15, -0.1) is 0 Å². The lowest BCUT2D eigenvalue weighted by molar-refractivity contribution is 0.0697. The van der Waals surface area contributed by atoms with Crippen LogP contribution in [0.5, 0.6) is 0 Å². The van der Waals surface area contributed by atoms with Gasteiger partial charge < -0.3 is 16.2 Å². The molecule has 2 atom stereocenters. The van der Waals surface area contributed by atoms with Crippen LogP contribution in [0.15, 0.2) is 12.3 Å². The number of rotatable bonds is 4. The maximum atomic E-state index is 11.3. The van der Waals surface area contributed by atoms with Crippen LogP contribution in [-0.2, 0) is 0 Å². The summed E-state index contributed by atoms with van der Waals surface area (Å²) in [7, 11) is 0. The van der Waals surface area contributed by atoms with Crippen LogP contribution in [0.25, 0.3) is 0 Å². The number of nitrogens with one attached hydrogen (secondary N) is 1. The highest BCUT2D eigenvalue weighted by Gasteiger charge is 2.28. The molecule has 0 aromatic carbocycles. The number of nitrogens with two attached hydrogens (primary N) is 1. The standard InChI is InChI=1S/C15H23N3O2/c1-9(2)11-5-3-4-6-13(11)18-14-12(15(19)20)7-10(16)8-17-14/h7-9,11,13H,3-6,16H2,1-2H3,(H,17,18)(H,19,20). The number of hydrogen-bond donors (Lipinski definition) is 3. The molecular formula is C15H23N3O2. The molecule has 1 fully saturated rings. The predicted molar refractivity (Wildman–Crippen MR) is 79.8 cm³/mol. The Kier molecular flexibility index (Phi) is 4.47. The van der Waals surface area contributed by atoms with Gasteiger partial charge in [0.15, 0.2) is 0 Å². The Morgan fingerprint density at radius 2 is 2.15 bits per heavy atom. The van der Waals surface area contributed by atoms with Crippen molar-refractivity contribution in [3.05, 3.63) is 17.8 Å². The minimum absolute atomic E-state index is 0.151. The molecule has 1 saturated carbocycles. The van der Waals surface area contributed by atoms with E-state index in [1.807, 2.05) is 0 Å². The Balaban J connectivity index is 2.22. The molecule has 1 aliphatic carbocycles. The molecular weight excluding hydrogens is 254 g/mol. The number of anilines is 2. The first-order chi connectivity index (χ1) is 9.49. The molecule has 0 saturated heterocycles. The van der Waals surface area contributed by atoms with Gasteiger partial charge in [-0.05, 0) is 30.7 Å². The molecule has 0 aliphatic heterocycles. The lowest BCUT2D eigenvalue weighted by atomic mass is 9.78. The van der Waals surface area contributed by atoms with Gasteiger partial charge in [0.1, 0.15) is 11.4 Å². The van der Waals surface area contributed by atoms with Crippen LogP contribution in [0, 0.1) is 11.8 Å². The van der Waals surface area contributed by atoms with Crippen molar-refractivity contribution in [2.75, 3.05) is 11.1 Å². The van der Waals surface area contributed by atoms with E-state index in [2.05, 4.69) is 24.1 Å². The number of aromatic carboxylic acids is 1. The van der Waals surface area contributed by atoms with Crippen molar-refractivity contribution in [3.63, 3.8) is 0 Å². The zero-order valence-electron chi connectivity index (χ0n) is 12.1. The fourth-order valence-electron chi connectivity index (χ4n) is 3.07. The van der Waals surface area contributed by atoms with Crippen molar-refractivity contribution in [2.24, 2.45) is 11.8 Å². The van der Waals surface area contributed by atoms with Gasteiger partial charge >= 0.3 is 5.97 Å². The molecule has 0 radical (unpaired) electrons. The van der Waals surface area contributed by atoms with Crippen LogP contribution in [-0.4, -0.2) is 22.1 Å². The van der Waals surface area contributed by atoms with Crippen molar-refractivity contribution in [2.45, 2.75) is 45.6 Å². The van der Waals surface area contributed by atoms with E-state index in [9.17, 15) is 9.90 Å². The van der Waals surface area contributed by atoms with Crippen molar-refractivity contribution in [3.8, 4) is 0 Å². The third kappa shape index (κ3) is 3.21. The molecule has 4 N–H and O–H groups in total. The summed E-state index contributed by atoms with van der Waals surface area (Å²) in [5.41, 5.74) is 6.14. The number of pyridine rings is 1. The topological polar surface area (TPSA) is 88.2 Å². The average molecular weight is 277 g/mol. The molecule has 0 bridgehead atoms. The van der Waals surface area contributed by atoms with E-state index in [-0.39, 0.29) is 11.6 Å². The number of carbonyl (C=O) groups is 1. The van der Waals surface area contributed by atoms with Gasteiger partial charge in [-0.2, -0.15) is 0 Å². The molecule has 0 amide bonds. The molecule has 2 rings (SSSR count). The Morgan fingerprint density at radius 1 is 1.45 bits per heavy atom. The first kappa shape index (κ1) is 14.6. The number of nitrogens with zero attached hydrogens (tertiary/aromatic N) is 1. The molecule has 5 nitrogen and oxygen atoms in total. The van der Waals surface area contributed by atoms with Gasteiger partial charge in [0.05, 0.1) is 11.9 Å². The number of hydrogen-bond acceptors (Lipinski definition) is 4. The van der Waals surface area contributed by atoms with E-state index in [0.717, 1.165) is 6.42 Å². The second-order valence-corrected chi connectivity index (χ2v) is 5.91. The van der Waals surface area contributed by atoms with E-state index in [1.165, 1.54) is 31.5 Å². The zero-order chi connectivity index (χ0) is 14.7. The van der Waals surface area contributed by atoms with Gasteiger partial charge in [-0.3, -0.25) is 0 Å². The summed E-state index contributed by atoms with van der Waals surface area (Å²) in [5, 5.41) is 12.6. The molecule has 1 aromatic rings. The maximum absolute atomic E-state index is 11.3. The van der Waals surface area contributed by atoms with Crippen molar-refractivity contribution in [1.82, 2.24) is 4.98 Å². The molecule has 1 aliphatic rings. The van der Waals surface area contributed by atoms with E-state index in [1.54, 1.807) is 0 Å². The summed E-state index contributed by atoms with van der Waals surface area (Å²) in [6, 6.07) is 1.75. The highest BCUT2D eigenvalue weighted by molar-refractivity contribution is 5.94. The summed E-state index contributed by atoms with van der Waals surface area (Å²) in [5.74, 6) is 0.577. The van der Waals surface area contributed by atoms with Crippen molar-refractivity contribution >= 4 is 17.5 Å². The van der Waals surface area contributed by atoms with Crippen molar-refractivity contribution in [1.29, 1.82) is 0 Å². The van der Waals surface area contributed by atoms with Crippen LogP contribution in [0.2, 0.25) is 0 Å². The van der Waals surface area contributed by atoms with E-state index < -0.39 is 5.97 Å². The van der Waals surface area contributed by atoms with Crippen LogP contribution in [0.4, 0.5) is 11.5 Å². The fourth-order valence-corrected chi connectivity index (χ4v) is 3.07. The molecule has 2 unspecified atom stereocenters. The summed E-state index contributed by atoms with van der Waals surface area (Å²) >= 11 is 0. The molecule has 1 heterocycles. The number of carboxylic acids is 1. The SMILES string of the molecule is CC(C)C1CCCCC1Nc1ncc(N)cc1C(=O)O. The third-order valence-electron chi connectivity index (χ3n) is 4.14. The highest BCUT2D eigenvalue weighted by atomic mass is 16.4. The predicted octanol–water partition coefficient (Wildman–Crippen LogP) is 2.99. The van der Waals surface area contributed by atoms with E-state index in [0.29, 0.717) is 23.3 Å². The second kappa shape index (κ2) is 6.11. The smallest absolute Gasteiger partial charge is 0.339 e. The highest BCUT2D eigenvalue weighted by Crippen LogP contribution is 2.32. The zero-order valence-corrected chi connectivity index (χ0v) is 12.1. The van der Waals surface area contributed by atoms with Crippen LogP contribution >= 0.6 is 0 Å². The Labute approximate surface area is 119 Å². The Bertz CT molecular complexity index is 488. The third-order valence-corrected chi connectivity index (χ3v) is 4.14. The average Bonchev–Trinajstić information content (AvgIpc) is 2.41. The lowest BCUT2D eigenvalue weighted by Gasteiger charge is -2.35. The van der Waals surface area contributed by atoms with Gasteiger partial charge in [0.2, 0.25) is 0 Å². The first-order valence-electron chi connectivity index (χ1n) is 7.24. The molecule has 1 aromatic heterocycles. The quantitative estimate of drug-likeness (QED) is 0.787. The monoisotopic (exact) mass is 277 g/mol. The lowest BCUT2D eigenvalue weighted by Crippen LogP contribution is -2.36. The molecule has 0 spiro atoms. The van der Waals surface area contributed by atoms with Crippen molar-refractivity contribution < 1.29 is 9.90 Å². The number of nitrogen functional groups attached to an aromatic ring is 1. The van der Waals surface area contributed by atoms with Crippen LogP contribution in [0.3, 0.4) is 0 Å².